The van der Waals surface area contributed by atoms with Crippen LogP contribution in [0.25, 0.3) is 0 Å². The van der Waals surface area contributed by atoms with Gasteiger partial charge >= 0.3 is 0 Å². The molecule has 0 spiro atoms. The second kappa shape index (κ2) is 9.54. The molecule has 23 heavy (non-hydrogen) atoms. The van der Waals surface area contributed by atoms with E-state index in [0.717, 1.165) is 11.6 Å². The molecule has 132 valence electrons. The van der Waals surface area contributed by atoms with Crippen LogP contribution in [-0.2, 0) is 23.8 Å². The Bertz CT molecular complexity index is 549. The summed E-state index contributed by atoms with van der Waals surface area (Å²) in [4.78, 5) is 0.179. The lowest BCUT2D eigenvalue weighted by Gasteiger charge is -2.15. The predicted molar refractivity (Wildman–Crippen MR) is 93.9 cm³/mol. The van der Waals surface area contributed by atoms with E-state index < -0.39 is 18.2 Å². The fourth-order valence-electron chi connectivity index (χ4n) is 1.66. The number of rotatable bonds is 11. The quantitative estimate of drug-likeness (QED) is 0.262. The Labute approximate surface area is 141 Å². The highest BCUT2D eigenvalue weighted by Crippen LogP contribution is 2.13. The van der Waals surface area contributed by atoms with Gasteiger partial charge in [0.25, 0.3) is 10.1 Å². The molecule has 7 heteroatoms. The van der Waals surface area contributed by atoms with Crippen molar-refractivity contribution in [2.45, 2.75) is 43.9 Å². The van der Waals surface area contributed by atoms with Crippen molar-refractivity contribution in [2.24, 2.45) is 0 Å². The first kappa shape index (κ1) is 20.3. The largest absolute Gasteiger partial charge is 0.356 e. The van der Waals surface area contributed by atoms with Gasteiger partial charge in [-0.25, -0.2) is 0 Å². The third kappa shape index (κ3) is 9.22. The maximum atomic E-state index is 11.9. The van der Waals surface area contributed by atoms with Crippen molar-refractivity contribution < 1.29 is 22.1 Å². The summed E-state index contributed by atoms with van der Waals surface area (Å²) in [5.41, 5.74) is 1.01. The van der Waals surface area contributed by atoms with Crippen LogP contribution >= 0.6 is 0 Å². The zero-order valence-corrected chi connectivity index (χ0v) is 16.3. The Kier molecular flexibility index (Phi) is 8.42. The zero-order valence-electron chi connectivity index (χ0n) is 14.5. The number of hydrogen-bond acceptors (Lipinski definition) is 5. The SMILES string of the molecule is Cc1ccc(S(=O)(=O)OCCCOCOCC[Si](C)(C)C)cc1. The molecule has 0 aliphatic carbocycles. The summed E-state index contributed by atoms with van der Waals surface area (Å²) >= 11 is 0. The molecule has 5 nitrogen and oxygen atoms in total. The van der Waals surface area contributed by atoms with Gasteiger partial charge < -0.3 is 9.47 Å². The summed E-state index contributed by atoms with van der Waals surface area (Å²) in [5.74, 6) is 0. The average molecular weight is 361 g/mol. The van der Waals surface area contributed by atoms with E-state index in [1.54, 1.807) is 24.3 Å². The molecule has 0 aromatic heterocycles. The third-order valence-corrected chi connectivity index (χ3v) is 6.17. The number of benzene rings is 1. The number of ether oxygens (including phenoxy) is 2. The van der Waals surface area contributed by atoms with Crippen LogP contribution in [0.15, 0.2) is 29.2 Å². The van der Waals surface area contributed by atoms with Gasteiger partial charge in [0.15, 0.2) is 0 Å². The minimum Gasteiger partial charge on any atom is -0.356 e. The van der Waals surface area contributed by atoms with Crippen LogP contribution in [0.2, 0.25) is 25.7 Å². The van der Waals surface area contributed by atoms with Crippen molar-refractivity contribution in [1.82, 2.24) is 0 Å². The maximum absolute atomic E-state index is 11.9. The molecule has 0 unspecified atom stereocenters. The smallest absolute Gasteiger partial charge is 0.296 e. The Morgan fingerprint density at radius 2 is 1.57 bits per heavy atom. The van der Waals surface area contributed by atoms with E-state index in [4.69, 9.17) is 13.7 Å². The summed E-state index contributed by atoms with van der Waals surface area (Å²) in [7, 11) is -4.74. The fourth-order valence-corrected chi connectivity index (χ4v) is 3.36. The topological polar surface area (TPSA) is 61.8 Å². The van der Waals surface area contributed by atoms with E-state index in [2.05, 4.69) is 19.6 Å². The summed E-state index contributed by atoms with van der Waals surface area (Å²) in [6.45, 7) is 10.3. The predicted octanol–water partition coefficient (Wildman–Crippen LogP) is 3.42. The van der Waals surface area contributed by atoms with E-state index in [1.165, 1.54) is 0 Å². The minimum atomic E-state index is -3.68. The summed E-state index contributed by atoms with van der Waals surface area (Å²) < 4.78 is 39.5. The normalized spacial score (nSPS) is 12.5. The zero-order chi connectivity index (χ0) is 17.3. The molecule has 0 atom stereocenters. The Morgan fingerprint density at radius 3 is 2.17 bits per heavy atom. The van der Waals surface area contributed by atoms with Crippen LogP contribution < -0.4 is 0 Å². The van der Waals surface area contributed by atoms with Crippen LogP contribution in [0.3, 0.4) is 0 Å². The van der Waals surface area contributed by atoms with E-state index >= 15 is 0 Å². The molecule has 1 aromatic rings. The van der Waals surface area contributed by atoms with E-state index in [-0.39, 0.29) is 18.3 Å². The Balaban J connectivity index is 2.12. The first-order valence-electron chi connectivity index (χ1n) is 7.82. The molecule has 0 N–H and O–H groups in total. The molecule has 0 saturated heterocycles. The molecule has 0 heterocycles. The van der Waals surface area contributed by atoms with Gasteiger partial charge in [0, 0.05) is 14.7 Å². The van der Waals surface area contributed by atoms with Crippen molar-refractivity contribution in [2.75, 3.05) is 26.6 Å². The van der Waals surface area contributed by atoms with E-state index in [0.29, 0.717) is 19.6 Å². The molecule has 0 amide bonds. The molecular weight excluding hydrogens is 332 g/mol. The summed E-state index contributed by atoms with van der Waals surface area (Å²) in [6, 6.07) is 7.70. The standard InChI is InChI=1S/C16H28O5SSi/c1-15-6-8-16(9-7-15)22(17,18)21-11-5-10-19-14-20-12-13-23(2,3)4/h6-9H,5,10-14H2,1-4H3. The van der Waals surface area contributed by atoms with Crippen LogP contribution in [0.4, 0.5) is 0 Å². The molecule has 0 saturated carbocycles. The van der Waals surface area contributed by atoms with Crippen LogP contribution in [0.1, 0.15) is 12.0 Å². The molecule has 1 aromatic carbocycles. The van der Waals surface area contributed by atoms with Gasteiger partial charge in [-0.1, -0.05) is 37.3 Å². The van der Waals surface area contributed by atoms with Crippen LogP contribution in [0, 0.1) is 6.92 Å². The van der Waals surface area contributed by atoms with Crippen molar-refractivity contribution in [3.63, 3.8) is 0 Å². The first-order chi connectivity index (χ1) is 10.7. The van der Waals surface area contributed by atoms with E-state index in [1.807, 2.05) is 6.92 Å². The molecule has 0 aliphatic rings. The lowest BCUT2D eigenvalue weighted by molar-refractivity contribution is -0.0516. The highest BCUT2D eigenvalue weighted by atomic mass is 32.2. The summed E-state index contributed by atoms with van der Waals surface area (Å²) in [5, 5.41) is 0. The maximum Gasteiger partial charge on any atom is 0.296 e. The molecule has 0 bridgehead atoms. The molecular formula is C16H28O5SSi. The minimum absolute atomic E-state index is 0.102. The second-order valence-corrected chi connectivity index (χ2v) is 13.9. The molecule has 1 rings (SSSR count). The first-order valence-corrected chi connectivity index (χ1v) is 12.9. The van der Waals surface area contributed by atoms with Crippen LogP contribution in [0.5, 0.6) is 0 Å². The lowest BCUT2D eigenvalue weighted by atomic mass is 10.2. The van der Waals surface area contributed by atoms with Gasteiger partial charge in [-0.3, -0.25) is 4.18 Å². The van der Waals surface area contributed by atoms with Crippen molar-refractivity contribution >= 4 is 18.2 Å². The van der Waals surface area contributed by atoms with E-state index in [9.17, 15) is 8.42 Å². The van der Waals surface area contributed by atoms with Crippen molar-refractivity contribution in [1.29, 1.82) is 0 Å². The number of hydrogen-bond donors (Lipinski definition) is 0. The monoisotopic (exact) mass is 360 g/mol. The third-order valence-electron chi connectivity index (χ3n) is 3.14. The highest BCUT2D eigenvalue weighted by molar-refractivity contribution is 7.86. The molecule has 0 radical (unpaired) electrons. The lowest BCUT2D eigenvalue weighted by Crippen LogP contribution is -2.22. The van der Waals surface area contributed by atoms with Gasteiger partial charge in [-0.2, -0.15) is 8.42 Å². The van der Waals surface area contributed by atoms with Gasteiger partial charge in [0.2, 0.25) is 0 Å². The Hall–Kier alpha value is -0.733. The second-order valence-electron chi connectivity index (χ2n) is 6.69. The highest BCUT2D eigenvalue weighted by Gasteiger charge is 2.14. The van der Waals surface area contributed by atoms with Crippen molar-refractivity contribution in [3.8, 4) is 0 Å². The molecule has 0 fully saturated rings. The molecule has 0 aliphatic heterocycles. The fraction of sp³-hybridized carbons (Fsp3) is 0.625. The summed E-state index contributed by atoms with van der Waals surface area (Å²) in [6.07, 6.45) is 0.502. The Morgan fingerprint density at radius 1 is 0.957 bits per heavy atom. The van der Waals surface area contributed by atoms with Gasteiger partial charge in [-0.05, 0) is 31.5 Å². The van der Waals surface area contributed by atoms with Gasteiger partial charge in [0.05, 0.1) is 18.1 Å². The van der Waals surface area contributed by atoms with Crippen LogP contribution in [-0.4, -0.2) is 43.1 Å². The van der Waals surface area contributed by atoms with Gasteiger partial charge in [0.1, 0.15) is 6.79 Å². The number of aryl methyl sites for hydroxylation is 1. The van der Waals surface area contributed by atoms with Gasteiger partial charge in [-0.15, -0.1) is 0 Å². The van der Waals surface area contributed by atoms with Crippen molar-refractivity contribution in [3.05, 3.63) is 29.8 Å². The average Bonchev–Trinajstić information content (AvgIpc) is 2.44.